The Hall–Kier alpha value is -0.860. The van der Waals surface area contributed by atoms with E-state index in [0.717, 1.165) is 31.2 Å². The van der Waals surface area contributed by atoms with E-state index in [2.05, 4.69) is 0 Å². The molecule has 0 aliphatic heterocycles. The highest BCUT2D eigenvalue weighted by Crippen LogP contribution is 2.42. The maximum absolute atomic E-state index is 10.3. The fourth-order valence-corrected chi connectivity index (χ4v) is 2.50. The summed E-state index contributed by atoms with van der Waals surface area (Å²) in [4.78, 5) is 0. The van der Waals surface area contributed by atoms with Crippen LogP contribution in [-0.4, -0.2) is 17.8 Å². The highest BCUT2D eigenvalue weighted by Gasteiger charge is 2.41. The van der Waals surface area contributed by atoms with Gasteiger partial charge in [0.05, 0.1) is 5.60 Å². The molecule has 1 fully saturated rings. The lowest BCUT2D eigenvalue weighted by Crippen LogP contribution is -2.35. The van der Waals surface area contributed by atoms with Crippen molar-refractivity contribution in [1.29, 1.82) is 0 Å². The summed E-state index contributed by atoms with van der Waals surface area (Å²) in [6.07, 6.45) is 3.72. The van der Waals surface area contributed by atoms with Crippen LogP contribution >= 0.6 is 0 Å². The molecule has 2 heteroatoms. The van der Waals surface area contributed by atoms with Gasteiger partial charge < -0.3 is 9.84 Å². The van der Waals surface area contributed by atoms with Gasteiger partial charge in [0, 0.05) is 7.11 Å². The first kappa shape index (κ1) is 10.7. The van der Waals surface area contributed by atoms with Crippen LogP contribution in [-0.2, 0) is 4.74 Å². The van der Waals surface area contributed by atoms with Crippen LogP contribution in [0.25, 0.3) is 0 Å². The molecule has 0 heterocycles. The second-order valence-corrected chi connectivity index (χ2v) is 4.29. The summed E-state index contributed by atoms with van der Waals surface area (Å²) in [7, 11) is 1.71. The first-order chi connectivity index (χ1) is 7.28. The lowest BCUT2D eigenvalue weighted by molar-refractivity contribution is -0.100. The fraction of sp³-hybridized carbons (Fsp3) is 0.538. The highest BCUT2D eigenvalue weighted by atomic mass is 16.5. The molecule has 0 radical (unpaired) electrons. The van der Waals surface area contributed by atoms with E-state index in [4.69, 9.17) is 4.74 Å². The molecule has 1 aromatic rings. The van der Waals surface area contributed by atoms with E-state index in [0.29, 0.717) is 0 Å². The average molecular weight is 206 g/mol. The van der Waals surface area contributed by atoms with Gasteiger partial charge in [0.15, 0.2) is 0 Å². The van der Waals surface area contributed by atoms with Crippen molar-refractivity contribution in [2.45, 2.75) is 37.4 Å². The second-order valence-electron chi connectivity index (χ2n) is 4.29. The lowest BCUT2D eigenvalue weighted by Gasteiger charge is -2.33. The Morgan fingerprint density at radius 3 is 2.33 bits per heavy atom. The van der Waals surface area contributed by atoms with E-state index in [9.17, 15) is 5.11 Å². The number of methoxy groups -OCH3 is 1. The van der Waals surface area contributed by atoms with Crippen molar-refractivity contribution >= 4 is 0 Å². The van der Waals surface area contributed by atoms with Crippen molar-refractivity contribution in [2.75, 3.05) is 7.11 Å². The van der Waals surface area contributed by atoms with Crippen LogP contribution in [0, 0.1) is 0 Å². The Balaban J connectivity index is 2.22. The van der Waals surface area contributed by atoms with E-state index in [1.54, 1.807) is 7.11 Å². The van der Waals surface area contributed by atoms with Gasteiger partial charge in [0.1, 0.15) is 6.10 Å². The van der Waals surface area contributed by atoms with Gasteiger partial charge in [-0.15, -0.1) is 0 Å². The molecule has 0 bridgehead atoms. The molecule has 1 saturated carbocycles. The molecule has 2 nitrogen and oxygen atoms in total. The average Bonchev–Trinajstić information content (AvgIpc) is 2.79. The molecule has 1 unspecified atom stereocenters. The van der Waals surface area contributed by atoms with Gasteiger partial charge in [0.25, 0.3) is 0 Å². The number of rotatable bonds is 3. The monoisotopic (exact) mass is 206 g/mol. The summed E-state index contributed by atoms with van der Waals surface area (Å²) in [6.45, 7) is 0. The number of hydrogen-bond donors (Lipinski definition) is 1. The van der Waals surface area contributed by atoms with Crippen molar-refractivity contribution in [3.05, 3.63) is 35.9 Å². The van der Waals surface area contributed by atoms with Crippen LogP contribution in [0.1, 0.15) is 37.4 Å². The number of aliphatic hydroxyl groups excluding tert-OH is 1. The van der Waals surface area contributed by atoms with E-state index in [1.165, 1.54) is 0 Å². The van der Waals surface area contributed by atoms with Gasteiger partial charge in [-0.05, 0) is 18.4 Å². The molecule has 0 aromatic heterocycles. The number of aliphatic hydroxyl groups is 1. The zero-order valence-electron chi connectivity index (χ0n) is 9.15. The zero-order valence-corrected chi connectivity index (χ0v) is 9.15. The Kier molecular flexibility index (Phi) is 3.08. The molecule has 0 saturated heterocycles. The van der Waals surface area contributed by atoms with Crippen LogP contribution in [0.3, 0.4) is 0 Å². The van der Waals surface area contributed by atoms with E-state index < -0.39 is 6.10 Å². The Bertz CT molecular complexity index is 302. The van der Waals surface area contributed by atoms with Crippen LogP contribution in [0.5, 0.6) is 0 Å². The molecule has 1 aliphatic rings. The maximum atomic E-state index is 10.3. The number of hydrogen-bond acceptors (Lipinski definition) is 2. The van der Waals surface area contributed by atoms with E-state index >= 15 is 0 Å². The normalized spacial score (nSPS) is 21.5. The molecule has 1 aromatic carbocycles. The van der Waals surface area contributed by atoms with Gasteiger partial charge in [-0.25, -0.2) is 0 Å². The Morgan fingerprint density at radius 1 is 1.20 bits per heavy atom. The largest absolute Gasteiger partial charge is 0.385 e. The van der Waals surface area contributed by atoms with Crippen molar-refractivity contribution < 1.29 is 9.84 Å². The molecule has 15 heavy (non-hydrogen) atoms. The lowest BCUT2D eigenvalue weighted by atomic mass is 9.89. The van der Waals surface area contributed by atoms with Crippen LogP contribution < -0.4 is 0 Å². The summed E-state index contributed by atoms with van der Waals surface area (Å²) in [5.74, 6) is 0. The summed E-state index contributed by atoms with van der Waals surface area (Å²) >= 11 is 0. The van der Waals surface area contributed by atoms with Crippen molar-refractivity contribution in [1.82, 2.24) is 0 Å². The highest BCUT2D eigenvalue weighted by molar-refractivity contribution is 5.21. The number of benzene rings is 1. The molecular formula is C13H18O2. The molecule has 0 spiro atoms. The molecular weight excluding hydrogens is 188 g/mol. The summed E-state index contributed by atoms with van der Waals surface area (Å²) < 4.78 is 5.56. The summed E-state index contributed by atoms with van der Waals surface area (Å²) in [5.41, 5.74) is 0.614. The third-order valence-corrected chi connectivity index (χ3v) is 3.47. The van der Waals surface area contributed by atoms with Crippen molar-refractivity contribution in [3.8, 4) is 0 Å². The minimum absolute atomic E-state index is 0.346. The standard InChI is InChI=1S/C13H18O2/c1-15-13(9-5-6-10-13)12(14)11-7-3-2-4-8-11/h2-4,7-8,12,14H,5-6,9-10H2,1H3. The molecule has 0 amide bonds. The van der Waals surface area contributed by atoms with Crippen LogP contribution in [0.2, 0.25) is 0 Å². The van der Waals surface area contributed by atoms with Crippen molar-refractivity contribution in [3.63, 3.8) is 0 Å². The quantitative estimate of drug-likeness (QED) is 0.824. The van der Waals surface area contributed by atoms with Crippen molar-refractivity contribution in [2.24, 2.45) is 0 Å². The molecule has 1 N–H and O–H groups in total. The first-order valence-electron chi connectivity index (χ1n) is 5.57. The first-order valence-corrected chi connectivity index (χ1v) is 5.57. The second kappa shape index (κ2) is 4.33. The SMILES string of the molecule is COC1(C(O)c2ccccc2)CCCC1. The van der Waals surface area contributed by atoms with E-state index in [1.807, 2.05) is 30.3 Å². The molecule has 2 rings (SSSR count). The smallest absolute Gasteiger partial charge is 0.108 e. The third-order valence-electron chi connectivity index (χ3n) is 3.47. The molecule has 82 valence electrons. The maximum Gasteiger partial charge on any atom is 0.108 e. The fourth-order valence-electron chi connectivity index (χ4n) is 2.50. The predicted molar refractivity (Wildman–Crippen MR) is 59.6 cm³/mol. The third kappa shape index (κ3) is 1.92. The topological polar surface area (TPSA) is 29.5 Å². The van der Waals surface area contributed by atoms with Gasteiger partial charge in [-0.1, -0.05) is 43.2 Å². The molecule has 1 aliphatic carbocycles. The zero-order chi connectivity index (χ0) is 10.7. The Morgan fingerprint density at radius 2 is 1.80 bits per heavy atom. The number of ether oxygens (including phenoxy) is 1. The van der Waals surface area contributed by atoms with Gasteiger partial charge in [-0.2, -0.15) is 0 Å². The van der Waals surface area contributed by atoms with Crippen LogP contribution in [0.15, 0.2) is 30.3 Å². The predicted octanol–water partition coefficient (Wildman–Crippen LogP) is 2.68. The van der Waals surface area contributed by atoms with Crippen LogP contribution in [0.4, 0.5) is 0 Å². The summed E-state index contributed by atoms with van der Waals surface area (Å²) in [5, 5.41) is 10.3. The van der Waals surface area contributed by atoms with Gasteiger partial charge in [-0.3, -0.25) is 0 Å². The Labute approximate surface area is 90.9 Å². The van der Waals surface area contributed by atoms with E-state index in [-0.39, 0.29) is 5.60 Å². The molecule has 1 atom stereocenters. The minimum Gasteiger partial charge on any atom is -0.385 e. The summed E-state index contributed by atoms with van der Waals surface area (Å²) in [6, 6.07) is 9.80. The van der Waals surface area contributed by atoms with Gasteiger partial charge in [0.2, 0.25) is 0 Å². The minimum atomic E-state index is -0.494. The van der Waals surface area contributed by atoms with Gasteiger partial charge >= 0.3 is 0 Å².